The molecule has 2 unspecified atom stereocenters. The van der Waals surface area contributed by atoms with Crippen LogP contribution in [0.2, 0.25) is 0 Å². The van der Waals surface area contributed by atoms with Gasteiger partial charge in [-0.25, -0.2) is 18.4 Å². The number of nitrogens with one attached hydrogen (secondary N) is 1. The summed E-state index contributed by atoms with van der Waals surface area (Å²) in [6.07, 6.45) is 0.418. The molecule has 0 bridgehead atoms. The van der Waals surface area contributed by atoms with Crippen molar-refractivity contribution >= 4 is 16.1 Å². The fourth-order valence-electron chi connectivity index (χ4n) is 3.72. The third-order valence-electron chi connectivity index (χ3n) is 5.37. The van der Waals surface area contributed by atoms with Crippen LogP contribution in [0.3, 0.4) is 0 Å². The molecule has 2 heterocycles. The average Bonchev–Trinajstić information content (AvgIpc) is 3.07. The predicted octanol–water partition coefficient (Wildman–Crippen LogP) is -0.0352. The molecule has 1 spiro atoms. The summed E-state index contributed by atoms with van der Waals surface area (Å²) in [6.45, 7) is 1.73. The van der Waals surface area contributed by atoms with E-state index in [0.717, 1.165) is 6.42 Å². The molecule has 0 aromatic heterocycles. The Kier molecular flexibility index (Phi) is 6.64. The van der Waals surface area contributed by atoms with E-state index in [1.54, 1.807) is 6.07 Å². The number of aliphatic hydroxyl groups excluding tert-OH is 1. The van der Waals surface area contributed by atoms with Crippen molar-refractivity contribution in [2.24, 2.45) is 5.14 Å². The van der Waals surface area contributed by atoms with Crippen molar-refractivity contribution in [1.82, 2.24) is 10.2 Å². The fourth-order valence-corrected chi connectivity index (χ4v) is 4.27. The highest BCUT2D eigenvalue weighted by atomic mass is 32.2. The second-order valence-corrected chi connectivity index (χ2v) is 9.12. The van der Waals surface area contributed by atoms with Gasteiger partial charge >= 0.3 is 6.09 Å². The average molecular weight is 429 g/mol. The second kappa shape index (κ2) is 8.84. The number of aliphatic hydroxyl groups is 1. The molecule has 1 aromatic carbocycles. The number of amides is 1. The molecule has 0 saturated carbocycles. The zero-order chi connectivity index (χ0) is 21.1. The number of hydrogen-bond donors (Lipinski definition) is 4. The Bertz CT molecular complexity index is 824. The Labute approximate surface area is 169 Å². The van der Waals surface area contributed by atoms with Crippen LogP contribution in [-0.2, 0) is 14.8 Å². The number of nitrogens with zero attached hydrogens (tertiary/aromatic N) is 1. The monoisotopic (exact) mass is 429 g/mol. The number of sulfonamides is 1. The molecule has 1 amide bonds. The molecule has 3 rings (SSSR count). The van der Waals surface area contributed by atoms with Gasteiger partial charge in [0, 0.05) is 31.7 Å². The van der Waals surface area contributed by atoms with E-state index in [0.29, 0.717) is 44.8 Å². The fraction of sp³-hybridized carbons (Fsp3) is 0.611. The summed E-state index contributed by atoms with van der Waals surface area (Å²) < 4.78 is 34.2. The number of hydrogen-bond acceptors (Lipinski definition) is 7. The summed E-state index contributed by atoms with van der Waals surface area (Å²) in [7, 11) is -3.81. The third-order valence-corrected chi connectivity index (χ3v) is 6.28. The van der Waals surface area contributed by atoms with Gasteiger partial charge in [0.05, 0.1) is 17.1 Å². The highest BCUT2D eigenvalue weighted by Gasteiger charge is 2.43. The molecule has 29 heavy (non-hydrogen) atoms. The van der Waals surface area contributed by atoms with Crippen molar-refractivity contribution in [3.63, 3.8) is 0 Å². The maximum Gasteiger partial charge on any atom is 0.407 e. The van der Waals surface area contributed by atoms with E-state index < -0.39 is 22.2 Å². The van der Waals surface area contributed by atoms with Gasteiger partial charge in [-0.05, 0) is 31.4 Å². The first-order valence-electron chi connectivity index (χ1n) is 9.46. The number of primary sulfonamides is 1. The van der Waals surface area contributed by atoms with Crippen molar-refractivity contribution < 1.29 is 32.9 Å². The minimum Gasteiger partial charge on any atom is -0.491 e. The molecule has 2 fully saturated rings. The third kappa shape index (κ3) is 5.80. The van der Waals surface area contributed by atoms with Crippen molar-refractivity contribution in [3.05, 3.63) is 24.3 Å². The zero-order valence-corrected chi connectivity index (χ0v) is 16.8. The van der Waals surface area contributed by atoms with E-state index >= 15 is 0 Å². The van der Waals surface area contributed by atoms with Gasteiger partial charge < -0.3 is 29.9 Å². The molecule has 10 nitrogen and oxygen atoms in total. The number of carboxylic acid groups (broad SMARTS) is 1. The summed E-state index contributed by atoms with van der Waals surface area (Å²) in [5.41, 5.74) is -0.292. The Balaban J connectivity index is 1.40. The summed E-state index contributed by atoms with van der Waals surface area (Å²) in [5.74, 6) is 0.309. The minimum atomic E-state index is -3.81. The van der Waals surface area contributed by atoms with Crippen molar-refractivity contribution in [1.29, 1.82) is 0 Å². The van der Waals surface area contributed by atoms with Crippen LogP contribution in [0.4, 0.5) is 4.79 Å². The Morgan fingerprint density at radius 3 is 2.79 bits per heavy atom. The van der Waals surface area contributed by atoms with Crippen LogP contribution in [0.5, 0.6) is 5.75 Å². The van der Waals surface area contributed by atoms with Crippen LogP contribution in [0.25, 0.3) is 0 Å². The number of benzene rings is 1. The van der Waals surface area contributed by atoms with Gasteiger partial charge in [0.15, 0.2) is 0 Å². The summed E-state index contributed by atoms with van der Waals surface area (Å²) in [5, 5.41) is 27.6. The maximum atomic E-state index is 11.4. The molecule has 11 heteroatoms. The molecule has 0 aliphatic carbocycles. The number of ether oxygens (including phenoxy) is 2. The SMILES string of the molecule is NS(=O)(=O)c1cccc(OCC(O)CNC2COC3(CCN(C(=O)O)CC3)C2)c1. The normalized spacial score (nSPS) is 22.6. The zero-order valence-electron chi connectivity index (χ0n) is 16.0. The van der Waals surface area contributed by atoms with Gasteiger partial charge in [-0.2, -0.15) is 0 Å². The van der Waals surface area contributed by atoms with Gasteiger partial charge in [0.2, 0.25) is 10.0 Å². The Morgan fingerprint density at radius 2 is 2.14 bits per heavy atom. The maximum absolute atomic E-state index is 11.4. The number of nitrogens with two attached hydrogens (primary N) is 1. The lowest BCUT2D eigenvalue weighted by atomic mass is 9.87. The number of likely N-dealkylation sites (tertiary alicyclic amines) is 1. The van der Waals surface area contributed by atoms with Crippen LogP contribution in [0, 0.1) is 0 Å². The molecule has 1 aromatic rings. The molecule has 2 aliphatic heterocycles. The molecule has 2 saturated heterocycles. The summed E-state index contributed by atoms with van der Waals surface area (Å²) in [4.78, 5) is 12.4. The van der Waals surface area contributed by atoms with Gasteiger partial charge in [0.1, 0.15) is 18.5 Å². The second-order valence-electron chi connectivity index (χ2n) is 7.56. The van der Waals surface area contributed by atoms with E-state index in [1.165, 1.54) is 23.1 Å². The molecule has 2 atom stereocenters. The molecule has 2 aliphatic rings. The number of piperidine rings is 1. The lowest BCUT2D eigenvalue weighted by molar-refractivity contribution is -0.0395. The van der Waals surface area contributed by atoms with Crippen LogP contribution >= 0.6 is 0 Å². The van der Waals surface area contributed by atoms with Crippen molar-refractivity contribution in [3.8, 4) is 5.75 Å². The quantitative estimate of drug-likeness (QED) is 0.471. The Hall–Kier alpha value is -1.92. The van der Waals surface area contributed by atoms with Crippen molar-refractivity contribution in [2.75, 3.05) is 32.8 Å². The summed E-state index contributed by atoms with van der Waals surface area (Å²) in [6, 6.07) is 5.87. The first-order chi connectivity index (χ1) is 13.7. The lowest BCUT2D eigenvalue weighted by Gasteiger charge is -2.37. The standard InChI is InChI=1S/C18H27N3O7S/c19-29(25,26)16-3-1-2-15(8-16)27-12-14(22)10-20-13-9-18(28-11-13)4-6-21(7-5-18)17(23)24/h1-3,8,13-14,20,22H,4-7,9-12H2,(H,23,24)(H2,19,25,26). The molecule has 162 valence electrons. The van der Waals surface area contributed by atoms with Crippen LogP contribution in [0.15, 0.2) is 29.2 Å². The lowest BCUT2D eigenvalue weighted by Crippen LogP contribution is -2.46. The van der Waals surface area contributed by atoms with Gasteiger partial charge in [-0.1, -0.05) is 6.07 Å². The highest BCUT2D eigenvalue weighted by Crippen LogP contribution is 2.35. The molecular weight excluding hydrogens is 402 g/mol. The predicted molar refractivity (Wildman–Crippen MR) is 103 cm³/mol. The van der Waals surface area contributed by atoms with Gasteiger partial charge in [-0.3, -0.25) is 0 Å². The smallest absolute Gasteiger partial charge is 0.407 e. The first kappa shape index (κ1) is 21.8. The van der Waals surface area contributed by atoms with E-state index in [4.69, 9.17) is 19.7 Å². The first-order valence-corrected chi connectivity index (χ1v) is 11.0. The Morgan fingerprint density at radius 1 is 1.41 bits per heavy atom. The summed E-state index contributed by atoms with van der Waals surface area (Å²) >= 11 is 0. The van der Waals surface area contributed by atoms with E-state index in [9.17, 15) is 18.3 Å². The van der Waals surface area contributed by atoms with E-state index in [-0.39, 0.29) is 23.1 Å². The minimum absolute atomic E-state index is 0.00658. The molecule has 0 radical (unpaired) electrons. The van der Waals surface area contributed by atoms with Gasteiger partial charge in [0.25, 0.3) is 0 Å². The van der Waals surface area contributed by atoms with E-state index in [1.807, 2.05) is 0 Å². The van der Waals surface area contributed by atoms with E-state index in [2.05, 4.69) is 5.32 Å². The topological polar surface area (TPSA) is 151 Å². The van der Waals surface area contributed by atoms with Crippen LogP contribution in [0.1, 0.15) is 19.3 Å². The van der Waals surface area contributed by atoms with Crippen LogP contribution in [-0.4, -0.2) is 80.2 Å². The molecular formula is C18H27N3O7S. The van der Waals surface area contributed by atoms with Gasteiger partial charge in [-0.15, -0.1) is 0 Å². The van der Waals surface area contributed by atoms with Crippen LogP contribution < -0.4 is 15.2 Å². The largest absolute Gasteiger partial charge is 0.491 e. The number of carbonyl (C=O) groups is 1. The number of rotatable bonds is 7. The molecule has 5 N–H and O–H groups in total. The highest BCUT2D eigenvalue weighted by molar-refractivity contribution is 7.89. The van der Waals surface area contributed by atoms with Crippen molar-refractivity contribution in [2.45, 2.75) is 41.9 Å².